The standard InChI is InChI=1S/C17H26O3/c1-12(2)15(18)14(16(19)20-17(3,4)5)11-13-9-7-6-8-10-13/h6-10,12,14-15,18H,11H2,1-5H3/t14-,15+/m0/s1. The molecular weight excluding hydrogens is 252 g/mol. The summed E-state index contributed by atoms with van der Waals surface area (Å²) in [6.45, 7) is 9.34. The normalized spacial score (nSPS) is 14.9. The van der Waals surface area contributed by atoms with Crippen molar-refractivity contribution in [2.45, 2.75) is 52.7 Å². The molecule has 3 heteroatoms. The van der Waals surface area contributed by atoms with Gasteiger partial charge in [0.05, 0.1) is 12.0 Å². The van der Waals surface area contributed by atoms with Gasteiger partial charge in [0.25, 0.3) is 0 Å². The van der Waals surface area contributed by atoms with E-state index in [2.05, 4.69) is 0 Å². The lowest BCUT2D eigenvalue weighted by Crippen LogP contribution is -2.38. The molecule has 1 aromatic rings. The zero-order chi connectivity index (χ0) is 15.3. The van der Waals surface area contributed by atoms with Crippen LogP contribution in [0.4, 0.5) is 0 Å². The lowest BCUT2D eigenvalue weighted by atomic mass is 9.88. The minimum absolute atomic E-state index is 0.0104. The Bertz CT molecular complexity index is 418. The van der Waals surface area contributed by atoms with Crippen LogP contribution in [0.15, 0.2) is 30.3 Å². The van der Waals surface area contributed by atoms with E-state index in [-0.39, 0.29) is 11.9 Å². The van der Waals surface area contributed by atoms with E-state index >= 15 is 0 Å². The van der Waals surface area contributed by atoms with Gasteiger partial charge in [0, 0.05) is 0 Å². The number of hydrogen-bond donors (Lipinski definition) is 1. The highest BCUT2D eigenvalue weighted by Crippen LogP contribution is 2.22. The molecule has 0 aliphatic heterocycles. The van der Waals surface area contributed by atoms with Crippen molar-refractivity contribution in [2.24, 2.45) is 11.8 Å². The van der Waals surface area contributed by atoms with Crippen molar-refractivity contribution in [3.8, 4) is 0 Å². The van der Waals surface area contributed by atoms with E-state index in [1.165, 1.54) is 0 Å². The SMILES string of the molecule is CC(C)[C@@H](O)[C@H](Cc1ccccc1)C(=O)OC(C)(C)C. The van der Waals surface area contributed by atoms with E-state index in [0.29, 0.717) is 6.42 Å². The van der Waals surface area contributed by atoms with Crippen molar-refractivity contribution in [3.05, 3.63) is 35.9 Å². The highest BCUT2D eigenvalue weighted by Gasteiger charge is 2.32. The van der Waals surface area contributed by atoms with E-state index in [1.54, 1.807) is 0 Å². The van der Waals surface area contributed by atoms with E-state index in [9.17, 15) is 9.90 Å². The Hall–Kier alpha value is -1.35. The smallest absolute Gasteiger partial charge is 0.312 e. The number of carbonyl (C=O) groups excluding carboxylic acids is 1. The van der Waals surface area contributed by atoms with E-state index in [1.807, 2.05) is 65.0 Å². The third-order valence-electron chi connectivity index (χ3n) is 3.10. The summed E-state index contributed by atoms with van der Waals surface area (Å²) in [5.41, 5.74) is 0.492. The minimum atomic E-state index is -0.704. The molecule has 0 spiro atoms. The molecule has 0 bridgehead atoms. The van der Waals surface area contributed by atoms with Crippen LogP contribution < -0.4 is 0 Å². The zero-order valence-electron chi connectivity index (χ0n) is 13.1. The molecule has 0 heterocycles. The second kappa shape index (κ2) is 6.89. The van der Waals surface area contributed by atoms with Crippen molar-refractivity contribution in [3.63, 3.8) is 0 Å². The quantitative estimate of drug-likeness (QED) is 0.841. The molecule has 0 aromatic heterocycles. The van der Waals surface area contributed by atoms with Crippen LogP contribution in [0.2, 0.25) is 0 Å². The first kappa shape index (κ1) is 16.7. The van der Waals surface area contributed by atoms with Crippen LogP contribution in [0.1, 0.15) is 40.2 Å². The van der Waals surface area contributed by atoms with Crippen molar-refractivity contribution in [1.29, 1.82) is 0 Å². The number of hydrogen-bond acceptors (Lipinski definition) is 3. The maximum Gasteiger partial charge on any atom is 0.312 e. The van der Waals surface area contributed by atoms with E-state index in [4.69, 9.17) is 4.74 Å². The molecule has 1 rings (SSSR count). The molecule has 0 aliphatic carbocycles. The predicted molar refractivity (Wildman–Crippen MR) is 80.3 cm³/mol. The topological polar surface area (TPSA) is 46.5 Å². The Kier molecular flexibility index (Phi) is 5.75. The van der Waals surface area contributed by atoms with Gasteiger partial charge in [-0.2, -0.15) is 0 Å². The summed E-state index contributed by atoms with van der Waals surface area (Å²) < 4.78 is 5.44. The maximum absolute atomic E-state index is 12.3. The molecule has 3 nitrogen and oxygen atoms in total. The van der Waals surface area contributed by atoms with Gasteiger partial charge in [-0.05, 0) is 38.7 Å². The Balaban J connectivity index is 2.88. The van der Waals surface area contributed by atoms with Gasteiger partial charge < -0.3 is 9.84 Å². The van der Waals surface area contributed by atoms with E-state index < -0.39 is 17.6 Å². The fraction of sp³-hybridized carbons (Fsp3) is 0.588. The van der Waals surface area contributed by atoms with Crippen molar-refractivity contribution in [2.75, 3.05) is 0 Å². The number of rotatable bonds is 5. The Morgan fingerprint density at radius 2 is 1.75 bits per heavy atom. The van der Waals surface area contributed by atoms with Crippen LogP contribution >= 0.6 is 0 Å². The molecule has 1 aromatic carbocycles. The number of esters is 1. The Morgan fingerprint density at radius 3 is 2.20 bits per heavy atom. The number of aliphatic hydroxyl groups is 1. The lowest BCUT2D eigenvalue weighted by Gasteiger charge is -2.28. The van der Waals surface area contributed by atoms with Crippen LogP contribution in [0.3, 0.4) is 0 Å². The fourth-order valence-corrected chi connectivity index (χ4v) is 2.05. The van der Waals surface area contributed by atoms with Gasteiger partial charge in [-0.3, -0.25) is 4.79 Å². The second-order valence-corrected chi connectivity index (χ2v) is 6.56. The molecule has 0 radical (unpaired) electrons. The first-order chi connectivity index (χ1) is 9.20. The molecule has 0 aliphatic rings. The largest absolute Gasteiger partial charge is 0.460 e. The van der Waals surface area contributed by atoms with Gasteiger partial charge >= 0.3 is 5.97 Å². The number of carbonyl (C=O) groups is 1. The highest BCUT2D eigenvalue weighted by atomic mass is 16.6. The maximum atomic E-state index is 12.3. The summed E-state index contributed by atoms with van der Waals surface area (Å²) in [5.74, 6) is -0.851. The fourth-order valence-electron chi connectivity index (χ4n) is 2.05. The summed E-state index contributed by atoms with van der Waals surface area (Å²) in [7, 11) is 0. The van der Waals surface area contributed by atoms with E-state index in [0.717, 1.165) is 5.56 Å². The summed E-state index contributed by atoms with van der Waals surface area (Å²) in [4.78, 5) is 12.3. The molecule has 1 N–H and O–H groups in total. The highest BCUT2D eigenvalue weighted by molar-refractivity contribution is 5.74. The monoisotopic (exact) mass is 278 g/mol. The van der Waals surface area contributed by atoms with Gasteiger partial charge in [0.15, 0.2) is 0 Å². The van der Waals surface area contributed by atoms with Crippen LogP contribution in [0.25, 0.3) is 0 Å². The van der Waals surface area contributed by atoms with Gasteiger partial charge in [0.2, 0.25) is 0 Å². The van der Waals surface area contributed by atoms with Crippen LogP contribution in [0.5, 0.6) is 0 Å². The average molecular weight is 278 g/mol. The third-order valence-corrected chi connectivity index (χ3v) is 3.10. The molecule has 0 saturated heterocycles. The summed E-state index contributed by atoms with van der Waals surface area (Å²) in [6, 6.07) is 9.73. The molecule has 0 fully saturated rings. The Morgan fingerprint density at radius 1 is 1.20 bits per heavy atom. The van der Waals surface area contributed by atoms with Gasteiger partial charge in [-0.1, -0.05) is 44.2 Å². The Labute approximate surface area is 122 Å². The van der Waals surface area contributed by atoms with Crippen molar-refractivity contribution < 1.29 is 14.6 Å². The summed E-state index contributed by atoms with van der Waals surface area (Å²) in [6.07, 6.45) is -0.209. The molecule has 20 heavy (non-hydrogen) atoms. The molecule has 0 amide bonds. The minimum Gasteiger partial charge on any atom is -0.460 e. The van der Waals surface area contributed by atoms with Crippen molar-refractivity contribution >= 4 is 5.97 Å². The molecular formula is C17H26O3. The first-order valence-corrected chi connectivity index (χ1v) is 7.15. The van der Waals surface area contributed by atoms with Gasteiger partial charge in [-0.25, -0.2) is 0 Å². The predicted octanol–water partition coefficient (Wildman–Crippen LogP) is 3.20. The number of ether oxygens (including phenoxy) is 1. The molecule has 0 unspecified atom stereocenters. The van der Waals surface area contributed by atoms with Gasteiger partial charge in [-0.15, -0.1) is 0 Å². The van der Waals surface area contributed by atoms with Crippen LogP contribution in [-0.2, 0) is 16.0 Å². The zero-order valence-corrected chi connectivity index (χ0v) is 13.1. The van der Waals surface area contributed by atoms with Crippen molar-refractivity contribution in [1.82, 2.24) is 0 Å². The van der Waals surface area contributed by atoms with Crippen LogP contribution in [-0.4, -0.2) is 22.8 Å². The lowest BCUT2D eigenvalue weighted by molar-refractivity contribution is -0.165. The summed E-state index contributed by atoms with van der Waals surface area (Å²) in [5, 5.41) is 10.3. The van der Waals surface area contributed by atoms with Crippen LogP contribution in [0, 0.1) is 11.8 Å². The summed E-state index contributed by atoms with van der Waals surface area (Å²) >= 11 is 0. The number of aliphatic hydroxyl groups excluding tert-OH is 1. The third kappa shape index (κ3) is 5.33. The average Bonchev–Trinajstić information content (AvgIpc) is 2.34. The number of benzene rings is 1. The second-order valence-electron chi connectivity index (χ2n) is 6.56. The first-order valence-electron chi connectivity index (χ1n) is 7.15. The molecule has 2 atom stereocenters. The molecule has 112 valence electrons. The molecule has 0 saturated carbocycles. The van der Waals surface area contributed by atoms with Gasteiger partial charge in [0.1, 0.15) is 5.60 Å².